The summed E-state index contributed by atoms with van der Waals surface area (Å²) < 4.78 is 38.6. The number of rotatable bonds is 9. The molecule has 194 valence electrons. The molecule has 3 aromatic rings. The lowest BCUT2D eigenvalue weighted by Gasteiger charge is -2.22. The lowest BCUT2D eigenvalue weighted by Crippen LogP contribution is -2.46. The fourth-order valence-corrected chi connectivity index (χ4v) is 5.32. The standard InChI is InChI=1S/C26H26ClN3O6S/c1-17(2)25(29-37(33,34)20-7-4-3-5-8-20)26(32)36-16-24(31)30-22(23-9-6-14-35-23)15-21(28-30)18-10-12-19(27)13-11-18/h3-14,17,22,25,29H,15-16H2,1-2H3/t22-,25-/m0/s1. The van der Waals surface area contributed by atoms with E-state index in [0.717, 1.165) is 5.56 Å². The summed E-state index contributed by atoms with van der Waals surface area (Å²) in [6.07, 6.45) is 1.89. The summed E-state index contributed by atoms with van der Waals surface area (Å²) in [7, 11) is -3.97. The van der Waals surface area contributed by atoms with Crippen LogP contribution in [0.25, 0.3) is 0 Å². The van der Waals surface area contributed by atoms with Crippen molar-refractivity contribution in [2.24, 2.45) is 11.0 Å². The zero-order chi connectivity index (χ0) is 26.6. The number of halogens is 1. The number of hydrazone groups is 1. The number of nitrogens with zero attached hydrogens (tertiary/aromatic N) is 2. The van der Waals surface area contributed by atoms with E-state index in [4.69, 9.17) is 20.8 Å². The first-order valence-corrected chi connectivity index (χ1v) is 13.4. The highest BCUT2D eigenvalue weighted by Crippen LogP contribution is 2.33. The molecule has 0 fully saturated rings. The Morgan fingerprint density at radius 2 is 1.81 bits per heavy atom. The second kappa shape index (κ2) is 11.3. The van der Waals surface area contributed by atoms with Crippen molar-refractivity contribution in [2.75, 3.05) is 6.61 Å². The largest absolute Gasteiger partial charge is 0.467 e. The average Bonchev–Trinajstić information content (AvgIpc) is 3.57. The van der Waals surface area contributed by atoms with Crippen molar-refractivity contribution in [3.63, 3.8) is 0 Å². The molecule has 37 heavy (non-hydrogen) atoms. The van der Waals surface area contributed by atoms with Crippen molar-refractivity contribution in [3.8, 4) is 0 Å². The normalized spacial score (nSPS) is 16.5. The summed E-state index contributed by atoms with van der Waals surface area (Å²) in [5.41, 5.74) is 1.44. The van der Waals surface area contributed by atoms with Crippen LogP contribution >= 0.6 is 11.6 Å². The summed E-state index contributed by atoms with van der Waals surface area (Å²) in [6.45, 7) is 2.73. The molecule has 0 unspecified atom stereocenters. The molecule has 0 aliphatic carbocycles. The summed E-state index contributed by atoms with van der Waals surface area (Å²) in [5, 5.41) is 6.28. The van der Waals surface area contributed by atoms with Crippen LogP contribution in [0.2, 0.25) is 5.02 Å². The van der Waals surface area contributed by atoms with Crippen molar-refractivity contribution in [1.82, 2.24) is 9.73 Å². The molecular weight excluding hydrogens is 518 g/mol. The zero-order valence-corrected chi connectivity index (χ0v) is 21.8. The quantitative estimate of drug-likeness (QED) is 0.405. The van der Waals surface area contributed by atoms with Crippen LogP contribution in [0.3, 0.4) is 0 Å². The van der Waals surface area contributed by atoms with Gasteiger partial charge in [-0.1, -0.05) is 55.8 Å². The van der Waals surface area contributed by atoms with Gasteiger partial charge in [0.15, 0.2) is 6.61 Å². The monoisotopic (exact) mass is 543 g/mol. The van der Waals surface area contributed by atoms with E-state index in [1.807, 2.05) is 0 Å². The van der Waals surface area contributed by atoms with Crippen LogP contribution < -0.4 is 4.72 Å². The van der Waals surface area contributed by atoms with Gasteiger partial charge in [0.2, 0.25) is 10.0 Å². The minimum atomic E-state index is -3.97. The Hall–Kier alpha value is -3.47. The highest BCUT2D eigenvalue weighted by molar-refractivity contribution is 7.89. The fraction of sp³-hybridized carbons (Fsp3) is 0.269. The maximum absolute atomic E-state index is 13.1. The van der Waals surface area contributed by atoms with Crippen LogP contribution in [-0.2, 0) is 24.3 Å². The summed E-state index contributed by atoms with van der Waals surface area (Å²) in [6, 6.07) is 16.5. The molecule has 1 aromatic heterocycles. The molecule has 1 N–H and O–H groups in total. The smallest absolute Gasteiger partial charge is 0.324 e. The number of hydrogen-bond donors (Lipinski definition) is 1. The number of hydrogen-bond acceptors (Lipinski definition) is 7. The SMILES string of the molecule is CC(C)[C@H](NS(=O)(=O)c1ccccc1)C(=O)OCC(=O)N1N=C(c2ccc(Cl)cc2)C[C@H]1c1ccco1. The molecule has 0 saturated heterocycles. The number of ether oxygens (including phenoxy) is 1. The van der Waals surface area contributed by atoms with Gasteiger partial charge < -0.3 is 9.15 Å². The van der Waals surface area contributed by atoms with E-state index in [1.54, 1.807) is 68.4 Å². The Kier molecular flexibility index (Phi) is 8.11. The number of carbonyl (C=O) groups is 2. The Labute approximate surface area is 220 Å². The van der Waals surface area contributed by atoms with E-state index in [-0.39, 0.29) is 4.90 Å². The highest BCUT2D eigenvalue weighted by Gasteiger charge is 2.36. The third-order valence-electron chi connectivity index (χ3n) is 5.81. The van der Waals surface area contributed by atoms with E-state index in [9.17, 15) is 18.0 Å². The molecule has 0 bridgehead atoms. The number of benzene rings is 2. The molecule has 1 amide bonds. The van der Waals surface area contributed by atoms with Crippen LogP contribution in [0, 0.1) is 5.92 Å². The van der Waals surface area contributed by atoms with Crippen LogP contribution in [0.4, 0.5) is 0 Å². The van der Waals surface area contributed by atoms with Gasteiger partial charge in [0, 0.05) is 11.4 Å². The number of carbonyl (C=O) groups excluding carboxylic acids is 2. The second-order valence-corrected chi connectivity index (χ2v) is 10.9. The van der Waals surface area contributed by atoms with Crippen molar-refractivity contribution >= 4 is 39.2 Å². The van der Waals surface area contributed by atoms with Crippen molar-refractivity contribution in [2.45, 2.75) is 37.2 Å². The van der Waals surface area contributed by atoms with E-state index < -0.39 is 46.5 Å². The van der Waals surface area contributed by atoms with Gasteiger partial charge in [0.1, 0.15) is 17.8 Å². The first kappa shape index (κ1) is 26.6. The van der Waals surface area contributed by atoms with Crippen molar-refractivity contribution in [1.29, 1.82) is 0 Å². The number of amides is 1. The van der Waals surface area contributed by atoms with Crippen LogP contribution in [0.1, 0.15) is 37.6 Å². The van der Waals surface area contributed by atoms with Gasteiger partial charge in [-0.3, -0.25) is 9.59 Å². The number of sulfonamides is 1. The van der Waals surface area contributed by atoms with Gasteiger partial charge in [-0.25, -0.2) is 13.4 Å². The minimum Gasteiger partial charge on any atom is -0.467 e. The molecule has 1 aliphatic rings. The summed E-state index contributed by atoms with van der Waals surface area (Å²) >= 11 is 5.99. The van der Waals surface area contributed by atoms with Gasteiger partial charge in [-0.05, 0) is 47.9 Å². The topological polar surface area (TPSA) is 118 Å². The Bertz CT molecular complexity index is 1370. The molecule has 2 aromatic carbocycles. The Morgan fingerprint density at radius 3 is 2.43 bits per heavy atom. The Balaban J connectivity index is 1.47. The predicted octanol–water partition coefficient (Wildman–Crippen LogP) is 4.16. The molecular formula is C26H26ClN3O6S. The molecule has 11 heteroatoms. The van der Waals surface area contributed by atoms with Gasteiger partial charge in [-0.2, -0.15) is 9.82 Å². The number of furan rings is 1. The summed E-state index contributed by atoms with van der Waals surface area (Å²) in [4.78, 5) is 26.0. The van der Waals surface area contributed by atoms with Gasteiger partial charge in [0.25, 0.3) is 5.91 Å². The van der Waals surface area contributed by atoms with E-state index >= 15 is 0 Å². The van der Waals surface area contributed by atoms with Crippen LogP contribution in [0.5, 0.6) is 0 Å². The second-order valence-electron chi connectivity index (χ2n) is 8.79. The van der Waals surface area contributed by atoms with Crippen LogP contribution in [-0.4, -0.2) is 43.7 Å². The number of nitrogens with one attached hydrogen (secondary N) is 1. The van der Waals surface area contributed by atoms with E-state index in [1.165, 1.54) is 23.4 Å². The third kappa shape index (κ3) is 6.27. The highest BCUT2D eigenvalue weighted by atomic mass is 35.5. The molecule has 2 heterocycles. The van der Waals surface area contributed by atoms with Gasteiger partial charge >= 0.3 is 5.97 Å². The first-order valence-electron chi connectivity index (χ1n) is 11.6. The molecule has 4 rings (SSSR count). The lowest BCUT2D eigenvalue weighted by molar-refractivity contribution is -0.155. The van der Waals surface area contributed by atoms with Gasteiger partial charge in [-0.15, -0.1) is 0 Å². The van der Waals surface area contributed by atoms with E-state index in [0.29, 0.717) is 22.9 Å². The molecule has 1 aliphatic heterocycles. The Morgan fingerprint density at radius 1 is 1.11 bits per heavy atom. The molecule has 0 radical (unpaired) electrons. The minimum absolute atomic E-state index is 0.0203. The first-order chi connectivity index (χ1) is 17.7. The summed E-state index contributed by atoms with van der Waals surface area (Å²) in [5.74, 6) is -1.34. The number of esters is 1. The van der Waals surface area contributed by atoms with Crippen LogP contribution in [0.15, 0.2) is 87.4 Å². The molecule has 9 nitrogen and oxygen atoms in total. The molecule has 2 atom stereocenters. The van der Waals surface area contributed by atoms with Crippen molar-refractivity contribution in [3.05, 3.63) is 89.3 Å². The third-order valence-corrected chi connectivity index (χ3v) is 7.52. The molecule has 0 saturated carbocycles. The maximum atomic E-state index is 13.1. The van der Waals surface area contributed by atoms with E-state index in [2.05, 4.69) is 9.82 Å². The predicted molar refractivity (Wildman–Crippen MR) is 137 cm³/mol. The van der Waals surface area contributed by atoms with Gasteiger partial charge in [0.05, 0.1) is 16.9 Å². The lowest BCUT2D eigenvalue weighted by atomic mass is 10.0. The fourth-order valence-electron chi connectivity index (χ4n) is 3.84. The zero-order valence-electron chi connectivity index (χ0n) is 20.2. The average molecular weight is 544 g/mol. The molecule has 0 spiro atoms. The maximum Gasteiger partial charge on any atom is 0.324 e. The van der Waals surface area contributed by atoms with Crippen molar-refractivity contribution < 1.29 is 27.2 Å².